The number of halogens is 1. The van der Waals surface area contributed by atoms with E-state index < -0.39 is 12.0 Å². The Kier molecular flexibility index (Phi) is 6.15. The maximum Gasteiger partial charge on any atom is 0.337 e. The van der Waals surface area contributed by atoms with Gasteiger partial charge in [0.1, 0.15) is 0 Å². The highest BCUT2D eigenvalue weighted by molar-refractivity contribution is 14.1. The molecule has 0 fully saturated rings. The van der Waals surface area contributed by atoms with Crippen LogP contribution in [0.4, 0.5) is 10.5 Å². The van der Waals surface area contributed by atoms with Gasteiger partial charge in [0.05, 0.1) is 11.3 Å². The summed E-state index contributed by atoms with van der Waals surface area (Å²) in [5.74, 6) is 4.46. The Balaban J connectivity index is 2.67. The fourth-order valence-electron chi connectivity index (χ4n) is 1.33. The first-order valence-corrected chi connectivity index (χ1v) is 6.59. The number of amides is 2. The van der Waals surface area contributed by atoms with Crippen LogP contribution >= 0.6 is 22.6 Å². The van der Waals surface area contributed by atoms with Gasteiger partial charge in [0.2, 0.25) is 0 Å². The fourth-order valence-corrected chi connectivity index (χ4v) is 1.82. The second kappa shape index (κ2) is 7.63. The van der Waals surface area contributed by atoms with Crippen LogP contribution in [0.5, 0.6) is 0 Å². The van der Waals surface area contributed by atoms with Crippen LogP contribution < -0.4 is 10.6 Å². The van der Waals surface area contributed by atoms with Crippen molar-refractivity contribution in [3.63, 3.8) is 0 Å². The van der Waals surface area contributed by atoms with Crippen LogP contribution in [0.25, 0.3) is 0 Å². The third kappa shape index (κ3) is 5.18. The van der Waals surface area contributed by atoms with E-state index in [0.29, 0.717) is 13.0 Å². The number of aromatic carboxylic acids is 1. The Hall–Kier alpha value is -1.75. The van der Waals surface area contributed by atoms with Gasteiger partial charge in [-0.25, -0.2) is 9.59 Å². The number of urea groups is 1. The maximum absolute atomic E-state index is 11.6. The molecule has 1 rings (SSSR count). The molecule has 100 valence electrons. The first kappa shape index (κ1) is 15.3. The van der Waals surface area contributed by atoms with Crippen molar-refractivity contribution in [2.75, 3.05) is 11.9 Å². The largest absolute Gasteiger partial charge is 0.478 e. The zero-order valence-electron chi connectivity index (χ0n) is 10.3. The summed E-state index contributed by atoms with van der Waals surface area (Å²) in [5.41, 5.74) is 0.336. The van der Waals surface area contributed by atoms with Crippen molar-refractivity contribution in [3.05, 3.63) is 27.3 Å². The lowest BCUT2D eigenvalue weighted by molar-refractivity contribution is 0.0698. The van der Waals surface area contributed by atoms with E-state index in [0.717, 1.165) is 3.57 Å². The Labute approximate surface area is 124 Å². The number of carboxylic acid groups (broad SMARTS) is 1. The van der Waals surface area contributed by atoms with Crippen molar-refractivity contribution in [3.8, 4) is 11.8 Å². The molecule has 19 heavy (non-hydrogen) atoms. The van der Waals surface area contributed by atoms with Gasteiger partial charge in [-0.3, -0.25) is 0 Å². The first-order valence-electron chi connectivity index (χ1n) is 5.52. The Bertz CT molecular complexity index is 547. The van der Waals surface area contributed by atoms with Crippen LogP contribution in [-0.2, 0) is 0 Å². The topological polar surface area (TPSA) is 78.4 Å². The van der Waals surface area contributed by atoms with Crippen LogP contribution in [0, 0.1) is 15.4 Å². The van der Waals surface area contributed by atoms with Crippen LogP contribution in [0.3, 0.4) is 0 Å². The van der Waals surface area contributed by atoms with Crippen molar-refractivity contribution in [2.24, 2.45) is 0 Å². The lowest BCUT2D eigenvalue weighted by atomic mass is 10.2. The van der Waals surface area contributed by atoms with Gasteiger partial charge in [0.25, 0.3) is 0 Å². The van der Waals surface area contributed by atoms with Crippen molar-refractivity contribution >= 4 is 40.3 Å². The molecule has 0 spiro atoms. The third-order valence-electron chi connectivity index (χ3n) is 2.17. The number of hydrogen-bond acceptors (Lipinski definition) is 2. The van der Waals surface area contributed by atoms with E-state index in [1.807, 2.05) is 22.6 Å². The summed E-state index contributed by atoms with van der Waals surface area (Å²) in [6.07, 6.45) is 0.558. The second-order valence-electron chi connectivity index (χ2n) is 3.55. The number of carboxylic acids is 1. The Morgan fingerprint density at radius 3 is 2.79 bits per heavy atom. The van der Waals surface area contributed by atoms with Gasteiger partial charge in [0, 0.05) is 16.5 Å². The summed E-state index contributed by atoms with van der Waals surface area (Å²) < 4.78 is 0.791. The van der Waals surface area contributed by atoms with Crippen LogP contribution in [0.1, 0.15) is 23.7 Å². The smallest absolute Gasteiger partial charge is 0.337 e. The van der Waals surface area contributed by atoms with E-state index in [2.05, 4.69) is 22.5 Å². The number of nitrogens with one attached hydrogen (secondary N) is 2. The molecule has 5 nitrogen and oxygen atoms in total. The molecular formula is C13H13IN2O3. The number of carbonyl (C=O) groups excluding carboxylic acids is 1. The molecule has 0 atom stereocenters. The molecule has 0 aliphatic rings. The number of carbonyl (C=O) groups is 2. The summed E-state index contributed by atoms with van der Waals surface area (Å²) in [4.78, 5) is 22.6. The predicted molar refractivity (Wildman–Crippen MR) is 81.2 cm³/mol. The van der Waals surface area contributed by atoms with E-state index in [-0.39, 0.29) is 11.3 Å². The van der Waals surface area contributed by atoms with Crippen molar-refractivity contribution in [2.45, 2.75) is 13.3 Å². The summed E-state index contributed by atoms with van der Waals surface area (Å²) in [5, 5.41) is 14.2. The minimum atomic E-state index is -1.08. The molecule has 6 heteroatoms. The maximum atomic E-state index is 11.6. The van der Waals surface area contributed by atoms with E-state index in [9.17, 15) is 9.59 Å². The van der Waals surface area contributed by atoms with Crippen LogP contribution in [0.2, 0.25) is 0 Å². The predicted octanol–water partition coefficient (Wildman–Crippen LogP) is 2.52. The van der Waals surface area contributed by atoms with Crippen molar-refractivity contribution < 1.29 is 14.7 Å². The molecule has 0 saturated carbocycles. The van der Waals surface area contributed by atoms with E-state index in [1.54, 1.807) is 19.1 Å². The fraction of sp³-hybridized carbons (Fsp3) is 0.231. The standard InChI is InChI=1S/C13H13IN2O3/c1-2-3-4-7-15-13(19)16-11-6-5-9(14)8-10(11)12(17)18/h5-6,8H,4,7H2,1H3,(H,17,18)(H2,15,16,19). The number of hydrogen-bond donors (Lipinski definition) is 3. The van der Waals surface area contributed by atoms with Crippen molar-refractivity contribution in [1.29, 1.82) is 0 Å². The average Bonchev–Trinajstić information content (AvgIpc) is 2.36. The molecule has 1 aromatic rings. The lowest BCUT2D eigenvalue weighted by Gasteiger charge is -2.09. The monoisotopic (exact) mass is 372 g/mol. The quantitative estimate of drug-likeness (QED) is 0.432. The molecule has 0 aliphatic carbocycles. The van der Waals surface area contributed by atoms with Gasteiger partial charge >= 0.3 is 12.0 Å². The van der Waals surface area contributed by atoms with Gasteiger partial charge in [-0.1, -0.05) is 0 Å². The summed E-state index contributed by atoms with van der Waals surface area (Å²) in [7, 11) is 0. The number of benzene rings is 1. The highest BCUT2D eigenvalue weighted by atomic mass is 127. The number of rotatable bonds is 4. The second-order valence-corrected chi connectivity index (χ2v) is 4.80. The van der Waals surface area contributed by atoms with Gasteiger partial charge in [-0.2, -0.15) is 0 Å². The first-order chi connectivity index (χ1) is 9.04. The molecule has 0 saturated heterocycles. The zero-order chi connectivity index (χ0) is 14.3. The summed E-state index contributed by atoms with van der Waals surface area (Å²) in [6, 6.07) is 4.35. The molecule has 2 amide bonds. The van der Waals surface area contributed by atoms with Crippen molar-refractivity contribution in [1.82, 2.24) is 5.32 Å². The zero-order valence-corrected chi connectivity index (χ0v) is 12.4. The van der Waals surface area contributed by atoms with Crippen LogP contribution in [-0.4, -0.2) is 23.7 Å². The molecule has 3 N–H and O–H groups in total. The molecule has 0 radical (unpaired) electrons. The van der Waals surface area contributed by atoms with Gasteiger partial charge in [0.15, 0.2) is 0 Å². The van der Waals surface area contributed by atoms with E-state index in [1.165, 1.54) is 6.07 Å². The van der Waals surface area contributed by atoms with Gasteiger partial charge in [-0.15, -0.1) is 11.8 Å². The number of anilines is 1. The Morgan fingerprint density at radius 1 is 1.42 bits per heavy atom. The van der Waals surface area contributed by atoms with E-state index in [4.69, 9.17) is 5.11 Å². The van der Waals surface area contributed by atoms with Crippen LogP contribution in [0.15, 0.2) is 18.2 Å². The molecular weight excluding hydrogens is 359 g/mol. The molecule has 0 unspecified atom stereocenters. The minimum absolute atomic E-state index is 0.0652. The SMILES string of the molecule is CC#CCCNC(=O)Nc1ccc(I)cc1C(=O)O. The van der Waals surface area contributed by atoms with Gasteiger partial charge in [-0.05, 0) is 47.7 Å². The third-order valence-corrected chi connectivity index (χ3v) is 2.84. The van der Waals surface area contributed by atoms with Gasteiger partial charge < -0.3 is 15.7 Å². The summed E-state index contributed by atoms with van der Waals surface area (Å²) in [6.45, 7) is 2.14. The summed E-state index contributed by atoms with van der Waals surface area (Å²) >= 11 is 2.01. The highest BCUT2D eigenvalue weighted by Crippen LogP contribution is 2.18. The molecule has 0 aliphatic heterocycles. The Morgan fingerprint density at radius 2 is 2.16 bits per heavy atom. The normalized spacial score (nSPS) is 9.16. The minimum Gasteiger partial charge on any atom is -0.478 e. The molecule has 0 bridgehead atoms. The average molecular weight is 372 g/mol. The molecule has 0 heterocycles. The van der Waals surface area contributed by atoms with E-state index >= 15 is 0 Å². The molecule has 1 aromatic carbocycles. The highest BCUT2D eigenvalue weighted by Gasteiger charge is 2.12. The lowest BCUT2D eigenvalue weighted by Crippen LogP contribution is -2.30. The molecule has 0 aromatic heterocycles.